The van der Waals surface area contributed by atoms with Gasteiger partial charge in [-0.15, -0.1) is 0 Å². The molecule has 0 saturated carbocycles. The predicted molar refractivity (Wildman–Crippen MR) is 107 cm³/mol. The van der Waals surface area contributed by atoms with Gasteiger partial charge < -0.3 is 0 Å². The third-order valence-corrected chi connectivity index (χ3v) is 5.62. The normalized spacial score (nSPS) is 12.3. The Hall–Kier alpha value is -2.80. The number of rotatable bonds is 1. The number of benzene rings is 3. The van der Waals surface area contributed by atoms with E-state index in [1.54, 1.807) is 24.3 Å². The number of hydrogen-bond donors (Lipinski definition) is 0. The molecule has 0 radical (unpaired) electrons. The third-order valence-electron chi connectivity index (χ3n) is 4.68. The van der Waals surface area contributed by atoms with Gasteiger partial charge in [0, 0.05) is 25.6 Å². The molecule has 124 valence electrons. The van der Waals surface area contributed by atoms with Crippen LogP contribution in [-0.4, -0.2) is 21.5 Å². The second kappa shape index (κ2) is 5.60. The van der Waals surface area contributed by atoms with Crippen LogP contribution in [0.4, 0.5) is 0 Å². The number of carbonyl (C=O) groups excluding carboxylic acids is 2. The quantitative estimate of drug-likeness (QED) is 0.353. The number of halogens is 1. The van der Waals surface area contributed by atoms with E-state index < -0.39 is 0 Å². The molecule has 0 amide bonds. The Morgan fingerprint density at radius 1 is 0.846 bits per heavy atom. The van der Waals surface area contributed by atoms with Crippen molar-refractivity contribution in [3.8, 4) is 11.3 Å². The number of ketones is 1. The summed E-state index contributed by atoms with van der Waals surface area (Å²) in [5.41, 5.74) is 3.93. The van der Waals surface area contributed by atoms with Gasteiger partial charge >= 0.3 is 0 Å². The summed E-state index contributed by atoms with van der Waals surface area (Å²) in [5, 5.41) is 5.37. The Labute approximate surface area is 162 Å². The van der Waals surface area contributed by atoms with Gasteiger partial charge in [0.25, 0.3) is 5.91 Å². The Balaban J connectivity index is 1.84. The van der Waals surface area contributed by atoms with Crippen LogP contribution in [0.5, 0.6) is 0 Å². The molecular weight excluding hydrogens is 439 g/mol. The summed E-state index contributed by atoms with van der Waals surface area (Å²) in [6.07, 6.45) is 0. The topological polar surface area (TPSA) is 52.0 Å². The van der Waals surface area contributed by atoms with Crippen LogP contribution in [0.3, 0.4) is 0 Å². The maximum atomic E-state index is 13.1. The fourth-order valence-electron chi connectivity index (χ4n) is 3.48. The van der Waals surface area contributed by atoms with Crippen molar-refractivity contribution in [2.24, 2.45) is 0 Å². The molecule has 4 aromatic rings. The summed E-state index contributed by atoms with van der Waals surface area (Å²) in [6.45, 7) is 0. The van der Waals surface area contributed by atoms with Crippen LogP contribution in [0, 0.1) is 3.57 Å². The number of aromatic nitrogens is 2. The largest absolute Gasteiger partial charge is 0.289 e. The molecule has 0 bridgehead atoms. The number of carbonyl (C=O) groups is 2. The maximum Gasteiger partial charge on any atom is 0.279 e. The number of hydrogen-bond acceptors (Lipinski definition) is 3. The first kappa shape index (κ1) is 15.5. The highest BCUT2D eigenvalue weighted by Gasteiger charge is 2.30. The Morgan fingerprint density at radius 3 is 2.35 bits per heavy atom. The van der Waals surface area contributed by atoms with Gasteiger partial charge in [-0.1, -0.05) is 48.5 Å². The van der Waals surface area contributed by atoms with E-state index in [0.717, 1.165) is 14.5 Å². The van der Waals surface area contributed by atoms with Gasteiger partial charge in [0.1, 0.15) is 5.69 Å². The molecule has 0 unspecified atom stereocenters. The molecule has 5 rings (SSSR count). The van der Waals surface area contributed by atoms with Gasteiger partial charge in [-0.05, 0) is 40.8 Å². The molecule has 0 saturated heterocycles. The van der Waals surface area contributed by atoms with Gasteiger partial charge in [0.05, 0.1) is 11.1 Å². The van der Waals surface area contributed by atoms with Crippen molar-refractivity contribution in [2.75, 3.05) is 0 Å². The van der Waals surface area contributed by atoms with Crippen molar-refractivity contribution in [1.82, 2.24) is 9.78 Å². The van der Waals surface area contributed by atoms with Crippen LogP contribution in [0.15, 0.2) is 66.7 Å². The van der Waals surface area contributed by atoms with Crippen LogP contribution in [0.25, 0.3) is 22.2 Å². The van der Waals surface area contributed by atoms with Crippen molar-refractivity contribution < 1.29 is 9.59 Å². The minimum Gasteiger partial charge on any atom is -0.289 e. The first-order valence-electron chi connectivity index (χ1n) is 8.12. The van der Waals surface area contributed by atoms with Gasteiger partial charge in [0.15, 0.2) is 5.78 Å². The van der Waals surface area contributed by atoms with Crippen molar-refractivity contribution in [1.29, 1.82) is 0 Å². The lowest BCUT2D eigenvalue weighted by Crippen LogP contribution is -2.14. The standard InChI is InChI=1S/C21H11IN2O2/c22-16-10-4-3-8-14(16)21(26)24-17-11-5-9-15-18(17)19(23-24)12-6-1-2-7-13(12)20(15)25/h1-11H. The molecule has 0 atom stereocenters. The summed E-state index contributed by atoms with van der Waals surface area (Å²) < 4.78 is 2.28. The van der Waals surface area contributed by atoms with Crippen LogP contribution < -0.4 is 0 Å². The molecule has 1 aliphatic carbocycles. The summed E-state index contributed by atoms with van der Waals surface area (Å²) in [4.78, 5) is 26.0. The molecule has 26 heavy (non-hydrogen) atoms. The zero-order chi connectivity index (χ0) is 17.8. The fourth-order valence-corrected chi connectivity index (χ4v) is 4.10. The lowest BCUT2D eigenvalue weighted by atomic mass is 9.87. The molecule has 4 nitrogen and oxygen atoms in total. The van der Waals surface area contributed by atoms with E-state index in [0.29, 0.717) is 27.9 Å². The van der Waals surface area contributed by atoms with E-state index in [-0.39, 0.29) is 11.7 Å². The van der Waals surface area contributed by atoms with Crippen LogP contribution in [0.2, 0.25) is 0 Å². The fraction of sp³-hybridized carbons (Fsp3) is 0. The Bertz CT molecular complexity index is 1240. The molecular formula is C21H11IN2O2. The first-order valence-corrected chi connectivity index (χ1v) is 9.20. The summed E-state index contributed by atoms with van der Waals surface area (Å²) in [6, 6.07) is 20.3. The number of fused-ring (bicyclic) bond motifs is 2. The lowest BCUT2D eigenvalue weighted by molar-refractivity contribution is 0.0949. The van der Waals surface area contributed by atoms with E-state index in [1.165, 1.54) is 4.68 Å². The van der Waals surface area contributed by atoms with Crippen molar-refractivity contribution in [3.05, 3.63) is 87.0 Å². The molecule has 0 aliphatic heterocycles. The summed E-state index contributed by atoms with van der Waals surface area (Å²) in [5.74, 6) is -0.227. The van der Waals surface area contributed by atoms with Gasteiger partial charge in [0.2, 0.25) is 0 Å². The lowest BCUT2D eigenvalue weighted by Gasteiger charge is -2.13. The molecule has 5 heteroatoms. The monoisotopic (exact) mass is 450 g/mol. The highest BCUT2D eigenvalue weighted by Crippen LogP contribution is 2.38. The van der Waals surface area contributed by atoms with E-state index in [4.69, 9.17) is 0 Å². The van der Waals surface area contributed by atoms with Crippen LogP contribution in [0.1, 0.15) is 26.3 Å². The first-order chi connectivity index (χ1) is 12.7. The maximum absolute atomic E-state index is 13.1. The zero-order valence-corrected chi connectivity index (χ0v) is 15.6. The molecule has 3 aromatic carbocycles. The SMILES string of the molecule is O=C1c2ccccc2-c2nn(C(=O)c3ccccc3I)c3cccc1c23. The molecule has 0 N–H and O–H groups in total. The van der Waals surface area contributed by atoms with Crippen molar-refractivity contribution in [3.63, 3.8) is 0 Å². The van der Waals surface area contributed by atoms with E-state index in [1.807, 2.05) is 42.5 Å². The highest BCUT2D eigenvalue weighted by atomic mass is 127. The summed E-state index contributed by atoms with van der Waals surface area (Å²) >= 11 is 2.15. The third kappa shape index (κ3) is 2.03. The predicted octanol–water partition coefficient (Wildman–Crippen LogP) is 4.54. The second-order valence-electron chi connectivity index (χ2n) is 6.12. The van der Waals surface area contributed by atoms with E-state index >= 15 is 0 Å². The van der Waals surface area contributed by atoms with E-state index in [9.17, 15) is 9.59 Å². The zero-order valence-electron chi connectivity index (χ0n) is 13.4. The smallest absolute Gasteiger partial charge is 0.279 e. The van der Waals surface area contributed by atoms with Gasteiger partial charge in [-0.2, -0.15) is 9.78 Å². The molecule has 1 aromatic heterocycles. The minimum atomic E-state index is -0.199. The molecule has 1 aliphatic rings. The number of nitrogens with zero attached hydrogens (tertiary/aromatic N) is 2. The molecule has 0 spiro atoms. The molecule has 1 heterocycles. The van der Waals surface area contributed by atoms with Crippen molar-refractivity contribution in [2.45, 2.75) is 0 Å². The summed E-state index contributed by atoms with van der Waals surface area (Å²) in [7, 11) is 0. The van der Waals surface area contributed by atoms with Crippen LogP contribution in [-0.2, 0) is 0 Å². The minimum absolute atomic E-state index is 0.0278. The van der Waals surface area contributed by atoms with Gasteiger partial charge in [-0.25, -0.2) is 0 Å². The van der Waals surface area contributed by atoms with Gasteiger partial charge in [-0.3, -0.25) is 9.59 Å². The van der Waals surface area contributed by atoms with E-state index in [2.05, 4.69) is 27.7 Å². The van der Waals surface area contributed by atoms with Crippen LogP contribution >= 0.6 is 22.6 Å². The Kier molecular flexibility index (Phi) is 3.33. The average Bonchev–Trinajstić information content (AvgIpc) is 3.07. The van der Waals surface area contributed by atoms with Crippen molar-refractivity contribution >= 4 is 45.2 Å². The Morgan fingerprint density at radius 2 is 1.54 bits per heavy atom. The average molecular weight is 450 g/mol. The molecule has 0 fully saturated rings. The second-order valence-corrected chi connectivity index (χ2v) is 7.28. The highest BCUT2D eigenvalue weighted by molar-refractivity contribution is 14.1.